The van der Waals surface area contributed by atoms with Gasteiger partial charge in [0.2, 0.25) is 0 Å². The average Bonchev–Trinajstić information content (AvgIpc) is 3.48. The summed E-state index contributed by atoms with van der Waals surface area (Å²) >= 11 is 0. The lowest BCUT2D eigenvalue weighted by atomic mass is 10.0. The van der Waals surface area contributed by atoms with Crippen LogP contribution in [0.3, 0.4) is 0 Å². The molecule has 0 aliphatic carbocycles. The molecule has 484 valence electrons. The maximum Gasteiger partial charge on any atom is 0.306 e. The molecule has 0 aromatic carbocycles. The van der Waals surface area contributed by atoms with Crippen LogP contribution >= 0.6 is 0 Å². The van der Waals surface area contributed by atoms with Gasteiger partial charge >= 0.3 is 17.9 Å². The van der Waals surface area contributed by atoms with E-state index >= 15 is 0 Å². The van der Waals surface area contributed by atoms with Gasteiger partial charge in [-0.1, -0.05) is 370 Å². The Balaban J connectivity index is 4.11. The average molecular weight is 1160 g/mol. The van der Waals surface area contributed by atoms with Crippen LogP contribution in [-0.4, -0.2) is 37.2 Å². The van der Waals surface area contributed by atoms with E-state index in [0.717, 1.165) is 96.3 Å². The third-order valence-electron chi connectivity index (χ3n) is 16.5. The minimum atomic E-state index is -0.778. The molecule has 6 heteroatoms. The molecule has 0 spiro atoms. The summed E-state index contributed by atoms with van der Waals surface area (Å²) in [5, 5.41) is 0. The lowest BCUT2D eigenvalue weighted by Crippen LogP contribution is -2.30. The molecule has 1 unspecified atom stereocenters. The number of ether oxygens (including phenoxy) is 3. The summed E-state index contributed by atoms with van der Waals surface area (Å²) in [7, 11) is 0. The molecule has 0 aromatic rings. The normalized spacial score (nSPS) is 12.4. The summed E-state index contributed by atoms with van der Waals surface area (Å²) in [4.78, 5) is 38.4. The van der Waals surface area contributed by atoms with Crippen LogP contribution < -0.4 is 0 Å². The van der Waals surface area contributed by atoms with E-state index in [1.165, 1.54) is 257 Å². The van der Waals surface area contributed by atoms with Crippen molar-refractivity contribution in [2.45, 2.75) is 399 Å². The molecule has 1 atom stereocenters. The first-order chi connectivity index (χ1) is 41.0. The van der Waals surface area contributed by atoms with Crippen molar-refractivity contribution in [3.8, 4) is 0 Å². The van der Waals surface area contributed by atoms with Gasteiger partial charge in [0.25, 0.3) is 0 Å². The Kier molecular flexibility index (Phi) is 69.1. The molecule has 0 heterocycles. The van der Waals surface area contributed by atoms with Gasteiger partial charge in [-0.15, -0.1) is 0 Å². The summed E-state index contributed by atoms with van der Waals surface area (Å²) in [6, 6.07) is 0. The zero-order valence-electron chi connectivity index (χ0n) is 55.7. The molecule has 0 aliphatic rings. The van der Waals surface area contributed by atoms with Crippen molar-refractivity contribution in [1.82, 2.24) is 0 Å². The van der Waals surface area contributed by atoms with Crippen LogP contribution in [-0.2, 0) is 28.6 Å². The van der Waals surface area contributed by atoms with Crippen LogP contribution in [0.15, 0.2) is 60.8 Å². The molecule has 6 nitrogen and oxygen atoms in total. The fraction of sp³-hybridized carbons (Fsp3) is 0.831. The molecule has 0 fully saturated rings. The Bertz CT molecular complexity index is 1470. The van der Waals surface area contributed by atoms with E-state index in [0.29, 0.717) is 19.3 Å². The zero-order valence-corrected chi connectivity index (χ0v) is 55.7. The summed E-state index contributed by atoms with van der Waals surface area (Å²) in [5.74, 6) is -0.863. The molecule has 0 aliphatic heterocycles. The predicted octanol–water partition coefficient (Wildman–Crippen LogP) is 25.5. The van der Waals surface area contributed by atoms with E-state index in [1.807, 2.05) is 0 Å². The third-order valence-corrected chi connectivity index (χ3v) is 16.5. The topological polar surface area (TPSA) is 78.9 Å². The minimum Gasteiger partial charge on any atom is -0.462 e. The van der Waals surface area contributed by atoms with Crippen LogP contribution in [0.1, 0.15) is 393 Å². The number of rotatable bonds is 68. The highest BCUT2D eigenvalue weighted by molar-refractivity contribution is 5.71. The van der Waals surface area contributed by atoms with Crippen molar-refractivity contribution in [3.05, 3.63) is 60.8 Å². The Hall–Kier alpha value is -2.89. The number of hydrogen-bond donors (Lipinski definition) is 0. The number of esters is 3. The summed E-state index contributed by atoms with van der Waals surface area (Å²) in [6.45, 7) is 6.57. The standard InChI is InChI=1S/C77H140O6/c1-4-7-10-13-16-19-22-24-26-28-30-32-34-35-36-37-38-39-40-41-42-44-45-47-49-51-53-55-58-61-64-67-70-76(79)82-73-74(72-81-75(78)69-66-63-60-57-21-18-15-12-9-6-3)83-77(80)71-68-65-62-59-56-54-52-50-48-46-43-33-31-29-27-25-23-20-17-14-11-8-5-2/h8,11,17,20,25,27,31,33,46,48,74H,4-7,9-10,12-16,18-19,21-24,26,28-30,32,34-45,47,49-73H2,1-3H3/b11-8-,20-17-,27-25-,33-31-,48-46-. The fourth-order valence-electron chi connectivity index (χ4n) is 11.1. The van der Waals surface area contributed by atoms with E-state index in [1.54, 1.807) is 0 Å². The number of allylic oxidation sites excluding steroid dienone is 10. The first-order valence-electron chi connectivity index (χ1n) is 36.8. The zero-order chi connectivity index (χ0) is 59.9. The van der Waals surface area contributed by atoms with Crippen LogP contribution in [0.2, 0.25) is 0 Å². The highest BCUT2D eigenvalue weighted by atomic mass is 16.6. The molecule has 0 bridgehead atoms. The van der Waals surface area contributed by atoms with Crippen molar-refractivity contribution in [2.24, 2.45) is 0 Å². The molecular weight excluding hydrogens is 1020 g/mol. The number of carbonyl (C=O) groups is 3. The monoisotopic (exact) mass is 1160 g/mol. The maximum absolute atomic E-state index is 12.9. The predicted molar refractivity (Wildman–Crippen MR) is 362 cm³/mol. The molecule has 0 aromatic heterocycles. The van der Waals surface area contributed by atoms with Crippen LogP contribution in [0, 0.1) is 0 Å². The lowest BCUT2D eigenvalue weighted by molar-refractivity contribution is -0.167. The van der Waals surface area contributed by atoms with Gasteiger partial charge in [0.05, 0.1) is 0 Å². The van der Waals surface area contributed by atoms with Gasteiger partial charge in [-0.25, -0.2) is 0 Å². The highest BCUT2D eigenvalue weighted by Crippen LogP contribution is 2.19. The number of hydrogen-bond acceptors (Lipinski definition) is 6. The van der Waals surface area contributed by atoms with E-state index in [2.05, 4.69) is 81.5 Å². The largest absolute Gasteiger partial charge is 0.462 e. The summed E-state index contributed by atoms with van der Waals surface area (Å²) in [5.41, 5.74) is 0. The Morgan fingerprint density at radius 3 is 0.735 bits per heavy atom. The minimum absolute atomic E-state index is 0.0740. The second-order valence-corrected chi connectivity index (χ2v) is 24.8. The van der Waals surface area contributed by atoms with Crippen molar-refractivity contribution in [1.29, 1.82) is 0 Å². The molecule has 83 heavy (non-hydrogen) atoms. The second kappa shape index (κ2) is 71.6. The van der Waals surface area contributed by atoms with Gasteiger partial charge in [0.1, 0.15) is 13.2 Å². The van der Waals surface area contributed by atoms with Crippen LogP contribution in [0.5, 0.6) is 0 Å². The first kappa shape index (κ1) is 80.1. The SMILES string of the molecule is CC/C=C\C/C=C\C/C=C\C/C=C\C/C=C\CCCCCCCCCC(=O)OC(COC(=O)CCCCCCCCCCCC)COC(=O)CCCCCCCCCCCCCCCCCCCCCCCCCCCCCCCCCC. The van der Waals surface area contributed by atoms with Crippen molar-refractivity contribution < 1.29 is 28.6 Å². The van der Waals surface area contributed by atoms with Gasteiger partial charge in [-0.3, -0.25) is 14.4 Å². The number of unbranched alkanes of at least 4 members (excludes halogenated alkanes) is 47. The smallest absolute Gasteiger partial charge is 0.306 e. The molecule has 0 saturated heterocycles. The lowest BCUT2D eigenvalue weighted by Gasteiger charge is -2.18. The van der Waals surface area contributed by atoms with Gasteiger partial charge in [0, 0.05) is 19.3 Å². The van der Waals surface area contributed by atoms with E-state index in [4.69, 9.17) is 14.2 Å². The van der Waals surface area contributed by atoms with Crippen molar-refractivity contribution >= 4 is 17.9 Å². The Morgan fingerprint density at radius 1 is 0.253 bits per heavy atom. The van der Waals surface area contributed by atoms with Crippen molar-refractivity contribution in [2.75, 3.05) is 13.2 Å². The quantitative estimate of drug-likeness (QED) is 0.0261. The van der Waals surface area contributed by atoms with Gasteiger partial charge in [-0.05, 0) is 64.2 Å². The molecule has 0 radical (unpaired) electrons. The molecule has 0 amide bonds. The van der Waals surface area contributed by atoms with Crippen LogP contribution in [0.25, 0.3) is 0 Å². The first-order valence-corrected chi connectivity index (χ1v) is 36.8. The molecule has 0 N–H and O–H groups in total. The molecule has 0 saturated carbocycles. The van der Waals surface area contributed by atoms with E-state index in [-0.39, 0.29) is 31.1 Å². The number of carbonyl (C=O) groups excluding carboxylic acids is 3. The summed E-state index contributed by atoms with van der Waals surface area (Å²) < 4.78 is 17.0. The van der Waals surface area contributed by atoms with Gasteiger partial charge < -0.3 is 14.2 Å². The molecular formula is C77H140O6. The van der Waals surface area contributed by atoms with E-state index in [9.17, 15) is 14.4 Å². The van der Waals surface area contributed by atoms with Gasteiger partial charge in [-0.2, -0.15) is 0 Å². The van der Waals surface area contributed by atoms with Crippen LogP contribution in [0.4, 0.5) is 0 Å². The fourth-order valence-corrected chi connectivity index (χ4v) is 11.1. The Labute approximate surface area is 517 Å². The third kappa shape index (κ3) is 69.8. The molecule has 0 rings (SSSR count). The second-order valence-electron chi connectivity index (χ2n) is 24.8. The summed E-state index contributed by atoms with van der Waals surface area (Å²) in [6.07, 6.45) is 92.8. The maximum atomic E-state index is 12.9. The Morgan fingerprint density at radius 2 is 0.470 bits per heavy atom. The van der Waals surface area contributed by atoms with Gasteiger partial charge in [0.15, 0.2) is 6.10 Å². The highest BCUT2D eigenvalue weighted by Gasteiger charge is 2.19. The van der Waals surface area contributed by atoms with Crippen molar-refractivity contribution in [3.63, 3.8) is 0 Å². The van der Waals surface area contributed by atoms with E-state index < -0.39 is 6.10 Å².